The van der Waals surface area contributed by atoms with E-state index in [2.05, 4.69) is 15.0 Å². The zero-order valence-corrected chi connectivity index (χ0v) is 31.8. The molecule has 12 N–H and O–H groups in total. The Morgan fingerprint density at radius 2 is 1.18 bits per heavy atom. The van der Waals surface area contributed by atoms with Gasteiger partial charge in [0.2, 0.25) is 5.95 Å². The van der Waals surface area contributed by atoms with E-state index in [-0.39, 0.29) is 17.1 Å². The van der Waals surface area contributed by atoms with E-state index in [4.69, 9.17) is 38.0 Å². The number of fused-ring (bicyclic) bond motifs is 1. The van der Waals surface area contributed by atoms with Crippen LogP contribution in [0.3, 0.4) is 0 Å². The van der Waals surface area contributed by atoms with Gasteiger partial charge in [0.05, 0.1) is 26.1 Å². The fraction of sp³-hybridized carbons (Fsp3) is 0.536. The first-order valence-corrected chi connectivity index (χ1v) is 20.2. The summed E-state index contributed by atoms with van der Waals surface area (Å²) in [5.74, 6) is -0.307. The number of aromatic nitrogens is 8. The summed E-state index contributed by atoms with van der Waals surface area (Å²) in [6.45, 7) is -3.07. The fourth-order valence-corrected chi connectivity index (χ4v) is 8.55. The Morgan fingerprint density at radius 3 is 1.72 bits per heavy atom. The van der Waals surface area contributed by atoms with Gasteiger partial charge in [0.25, 0.3) is 16.7 Å². The molecule has 4 aromatic heterocycles. The summed E-state index contributed by atoms with van der Waals surface area (Å²) >= 11 is 0. The van der Waals surface area contributed by atoms with Crippen LogP contribution in [0.15, 0.2) is 54.8 Å². The fourth-order valence-electron chi connectivity index (χ4n) is 6.63. The van der Waals surface area contributed by atoms with Gasteiger partial charge in [-0.1, -0.05) is 0 Å². The smallest absolute Gasteiger partial charge is 0.394 e. The number of hydrogen-bond acceptors (Lipinski definition) is 22. The minimum atomic E-state index is -5.43. The topological polar surface area (TPSA) is 440 Å². The first kappa shape index (κ1) is 43.5. The maximum atomic E-state index is 13.3. The summed E-state index contributed by atoms with van der Waals surface area (Å²) < 4.78 is 65.9. The molecule has 3 aliphatic rings. The Bertz CT molecular complexity index is 2630. The van der Waals surface area contributed by atoms with Gasteiger partial charge in [-0.15, -0.1) is 0 Å². The molecule has 14 unspecified atom stereocenters. The average Bonchev–Trinajstić information content (AvgIpc) is 3.89. The van der Waals surface area contributed by atoms with Gasteiger partial charge in [-0.05, 0) is 0 Å². The number of phosphoric acid groups is 2. The number of nitrogens with one attached hydrogen (secondary N) is 3. The zero-order chi connectivity index (χ0) is 43.4. The van der Waals surface area contributed by atoms with E-state index < -0.39 is 137 Å². The number of nitrogens with two attached hydrogens (primary N) is 1. The molecule has 3 aliphatic heterocycles. The molecule has 7 heterocycles. The number of aromatic amines is 3. The van der Waals surface area contributed by atoms with Crippen LogP contribution in [0.2, 0.25) is 0 Å². The van der Waals surface area contributed by atoms with Crippen molar-refractivity contribution in [3.8, 4) is 0 Å². The predicted octanol–water partition coefficient (Wildman–Crippen LogP) is -6.07. The lowest BCUT2D eigenvalue weighted by molar-refractivity contribution is -0.0635. The van der Waals surface area contributed by atoms with Crippen LogP contribution in [0, 0.1) is 0 Å². The number of ether oxygens (including phenoxy) is 3. The normalized spacial score (nSPS) is 32.6. The Labute approximate surface area is 330 Å². The number of nitrogen functional groups attached to an aromatic ring is 1. The van der Waals surface area contributed by atoms with Crippen molar-refractivity contribution < 1.29 is 76.8 Å². The molecule has 0 saturated carbocycles. The largest absolute Gasteiger partial charge is 0.472 e. The van der Waals surface area contributed by atoms with Gasteiger partial charge < -0.3 is 55.3 Å². The summed E-state index contributed by atoms with van der Waals surface area (Å²) in [4.78, 5) is 95.6. The van der Waals surface area contributed by atoms with E-state index in [0.29, 0.717) is 9.13 Å². The van der Waals surface area contributed by atoms with E-state index in [1.165, 1.54) is 0 Å². The lowest BCUT2D eigenvalue weighted by atomic mass is 10.1. The number of aliphatic hydroxyl groups is 5. The van der Waals surface area contributed by atoms with Gasteiger partial charge in [0.1, 0.15) is 54.9 Å². The average molecular weight is 896 g/mol. The third kappa shape index (κ3) is 8.63. The molecule has 0 aromatic carbocycles. The van der Waals surface area contributed by atoms with Crippen molar-refractivity contribution in [1.82, 2.24) is 38.6 Å². The number of H-pyrrole nitrogens is 3. The second-order valence-electron chi connectivity index (χ2n) is 13.3. The van der Waals surface area contributed by atoms with Crippen LogP contribution in [-0.2, 0) is 41.4 Å². The maximum Gasteiger partial charge on any atom is 0.472 e. The molecule has 0 radical (unpaired) electrons. The molecule has 0 aliphatic carbocycles. The highest BCUT2D eigenvalue weighted by Gasteiger charge is 2.53. The van der Waals surface area contributed by atoms with Crippen LogP contribution in [-0.4, -0.2) is 149 Å². The minimum absolute atomic E-state index is 0.143. The third-order valence-electron chi connectivity index (χ3n) is 9.43. The first-order valence-electron chi connectivity index (χ1n) is 17.2. The van der Waals surface area contributed by atoms with E-state index in [1.54, 1.807) is 0 Å². The second-order valence-corrected chi connectivity index (χ2v) is 16.1. The van der Waals surface area contributed by atoms with E-state index in [1.807, 2.05) is 9.97 Å². The monoisotopic (exact) mass is 895 g/mol. The number of nitrogens with zero attached hydrogens (tertiary/aromatic N) is 5. The Hall–Kier alpha value is -4.59. The van der Waals surface area contributed by atoms with Gasteiger partial charge in [-0.25, -0.2) is 23.7 Å². The van der Waals surface area contributed by atoms with Crippen LogP contribution in [0.25, 0.3) is 11.2 Å². The molecular weight excluding hydrogens is 860 g/mol. The van der Waals surface area contributed by atoms with Crippen LogP contribution in [0.1, 0.15) is 18.7 Å². The van der Waals surface area contributed by atoms with Crippen LogP contribution in [0.5, 0.6) is 0 Å². The van der Waals surface area contributed by atoms with E-state index in [0.717, 1.165) is 35.4 Å². The van der Waals surface area contributed by atoms with E-state index >= 15 is 0 Å². The Kier molecular flexibility index (Phi) is 12.1. The highest BCUT2D eigenvalue weighted by atomic mass is 31.2. The predicted molar refractivity (Wildman–Crippen MR) is 189 cm³/mol. The van der Waals surface area contributed by atoms with Crippen molar-refractivity contribution in [2.45, 2.75) is 73.6 Å². The molecule has 328 valence electrons. The molecule has 30 nitrogen and oxygen atoms in total. The second kappa shape index (κ2) is 16.7. The number of anilines is 1. The molecule has 0 bridgehead atoms. The number of aliphatic hydroxyl groups excluding tert-OH is 5. The standard InChI is InChI=1S/C28H35N9O21P2/c29-26-33-21-14(22(45)34-26)30-8-37(21)23-16(42)15(41)10(55-23)6-52-59(48,49)58-20-11(56-25(18(20)44)36-4-2-13(40)32-28(36)47)7-53-60(50,51)57-19-9(5-38)54-24(17(19)43)35-3-1-12(39)31-27(35)46/h1-4,8-11,15-20,23-25,38,41-44H,5-7H2,(H,48,49)(H,50,51)(H,31,39,46)(H,32,40,47)(H3,29,33,34,45). The molecule has 60 heavy (non-hydrogen) atoms. The maximum absolute atomic E-state index is 13.3. The molecule has 3 fully saturated rings. The van der Waals surface area contributed by atoms with Crippen LogP contribution < -0.4 is 33.8 Å². The van der Waals surface area contributed by atoms with Crippen molar-refractivity contribution in [2.75, 3.05) is 25.6 Å². The SMILES string of the molecule is Nc1nc2c(ncn2C2OC(COP(=O)(O)OC3C(COP(=O)(O)OC4C(CO)OC(n5ccc(=O)[nH]c5=O)C4O)OC(n4ccc(=O)[nH]c4=O)C3O)C(O)C2O)c(=O)[nH]1. The Morgan fingerprint density at radius 1 is 0.700 bits per heavy atom. The summed E-state index contributed by atoms with van der Waals surface area (Å²) in [6.07, 6.45) is -18.6. The molecule has 4 aromatic rings. The lowest BCUT2D eigenvalue weighted by Crippen LogP contribution is -2.39. The summed E-state index contributed by atoms with van der Waals surface area (Å²) in [6, 6.07) is 1.77. The van der Waals surface area contributed by atoms with Crippen molar-refractivity contribution in [2.24, 2.45) is 0 Å². The number of imidazole rings is 1. The molecule has 7 rings (SSSR count). The highest BCUT2D eigenvalue weighted by molar-refractivity contribution is 7.47. The first-order chi connectivity index (χ1) is 28.3. The zero-order valence-electron chi connectivity index (χ0n) is 30.0. The summed E-state index contributed by atoms with van der Waals surface area (Å²) in [7, 11) is -10.8. The minimum Gasteiger partial charge on any atom is -0.394 e. The molecule has 0 amide bonds. The number of hydrogen-bond donors (Lipinski definition) is 11. The molecular formula is C28H35N9O21P2. The lowest BCUT2D eigenvalue weighted by Gasteiger charge is -2.25. The van der Waals surface area contributed by atoms with Gasteiger partial charge in [-0.2, -0.15) is 4.98 Å². The van der Waals surface area contributed by atoms with Crippen molar-refractivity contribution >= 4 is 32.8 Å². The molecule has 32 heteroatoms. The third-order valence-corrected chi connectivity index (χ3v) is 11.4. The number of rotatable bonds is 14. The quantitative estimate of drug-likeness (QED) is 0.0525. The van der Waals surface area contributed by atoms with Crippen molar-refractivity contribution in [3.63, 3.8) is 0 Å². The Balaban J connectivity index is 1.05. The molecule has 14 atom stereocenters. The van der Waals surface area contributed by atoms with E-state index in [9.17, 15) is 68.4 Å². The van der Waals surface area contributed by atoms with Gasteiger partial charge in [0.15, 0.2) is 29.8 Å². The molecule has 0 spiro atoms. The van der Waals surface area contributed by atoms with Gasteiger partial charge in [0, 0.05) is 24.5 Å². The van der Waals surface area contributed by atoms with Crippen LogP contribution in [0.4, 0.5) is 5.95 Å². The number of phosphoric ester groups is 2. The highest BCUT2D eigenvalue weighted by Crippen LogP contribution is 2.52. The van der Waals surface area contributed by atoms with Crippen molar-refractivity contribution in [3.05, 3.63) is 82.9 Å². The van der Waals surface area contributed by atoms with Gasteiger partial charge >= 0.3 is 27.0 Å². The van der Waals surface area contributed by atoms with Crippen molar-refractivity contribution in [1.29, 1.82) is 0 Å². The molecule has 3 saturated heterocycles. The summed E-state index contributed by atoms with van der Waals surface area (Å²) in [5, 5.41) is 53.3. The van der Waals surface area contributed by atoms with Gasteiger partial charge in [-0.3, -0.25) is 61.1 Å². The summed E-state index contributed by atoms with van der Waals surface area (Å²) in [5.41, 5.74) is 0.719. The van der Waals surface area contributed by atoms with Crippen LogP contribution >= 0.6 is 15.6 Å².